The maximum atomic E-state index is 12.1. The fourth-order valence-corrected chi connectivity index (χ4v) is 2.48. The van der Waals surface area contributed by atoms with E-state index in [2.05, 4.69) is 10.1 Å². The van der Waals surface area contributed by atoms with E-state index < -0.39 is 6.09 Å². The molecule has 2 aliphatic heterocycles. The Morgan fingerprint density at radius 3 is 2.86 bits per heavy atom. The molecule has 0 bridgehead atoms. The van der Waals surface area contributed by atoms with Gasteiger partial charge in [0.1, 0.15) is 13.2 Å². The highest BCUT2D eigenvalue weighted by atomic mass is 16.6. The van der Waals surface area contributed by atoms with Gasteiger partial charge < -0.3 is 24.4 Å². The number of carbonyl (C=O) groups is 2. The molecule has 0 radical (unpaired) electrons. The Hall–Kier alpha value is -2.44. The third-order valence-corrected chi connectivity index (χ3v) is 3.47. The Labute approximate surface area is 121 Å². The lowest BCUT2D eigenvalue weighted by molar-refractivity contribution is -0.117. The summed E-state index contributed by atoms with van der Waals surface area (Å²) in [6.07, 6.45) is -0.277. The third-order valence-electron chi connectivity index (χ3n) is 3.47. The highest BCUT2D eigenvalue weighted by Crippen LogP contribution is 2.35. The lowest BCUT2D eigenvalue weighted by Crippen LogP contribution is -2.37. The number of carbonyl (C=O) groups excluding carboxylic acids is 2. The summed E-state index contributed by atoms with van der Waals surface area (Å²) in [4.78, 5) is 24.9. The zero-order valence-corrected chi connectivity index (χ0v) is 11.6. The molecule has 7 nitrogen and oxygen atoms in total. The van der Waals surface area contributed by atoms with E-state index in [1.165, 1.54) is 7.11 Å². The van der Waals surface area contributed by atoms with Gasteiger partial charge in [-0.25, -0.2) is 4.79 Å². The molecule has 2 amide bonds. The van der Waals surface area contributed by atoms with Gasteiger partial charge in [0, 0.05) is 24.7 Å². The molecule has 1 N–H and O–H groups in total. The van der Waals surface area contributed by atoms with E-state index in [-0.39, 0.29) is 18.4 Å². The Kier molecular flexibility index (Phi) is 3.55. The van der Waals surface area contributed by atoms with Gasteiger partial charge in [0.2, 0.25) is 5.91 Å². The molecule has 0 saturated carbocycles. The number of hydrogen-bond acceptors (Lipinski definition) is 5. The van der Waals surface area contributed by atoms with Crippen molar-refractivity contribution >= 4 is 17.7 Å². The molecule has 0 aromatic heterocycles. The Morgan fingerprint density at radius 1 is 1.33 bits per heavy atom. The molecule has 7 heteroatoms. The van der Waals surface area contributed by atoms with E-state index in [0.717, 1.165) is 5.69 Å². The first-order valence-electron chi connectivity index (χ1n) is 6.72. The van der Waals surface area contributed by atoms with Gasteiger partial charge in [-0.3, -0.25) is 4.79 Å². The number of nitrogens with one attached hydrogen (secondary N) is 1. The van der Waals surface area contributed by atoms with Crippen molar-refractivity contribution in [3.05, 3.63) is 18.2 Å². The average Bonchev–Trinajstić information content (AvgIpc) is 2.87. The number of methoxy groups -OCH3 is 1. The van der Waals surface area contributed by atoms with Crippen LogP contribution in [0.2, 0.25) is 0 Å². The molecular weight excluding hydrogens is 276 g/mol. The van der Waals surface area contributed by atoms with Gasteiger partial charge in [-0.2, -0.15) is 0 Å². The molecule has 1 aromatic carbocycles. The molecule has 1 saturated heterocycles. The van der Waals surface area contributed by atoms with Gasteiger partial charge in [-0.1, -0.05) is 0 Å². The number of alkyl carbamates (subject to hydrolysis) is 1. The van der Waals surface area contributed by atoms with Crippen LogP contribution in [0.5, 0.6) is 11.5 Å². The Balaban J connectivity index is 1.75. The Bertz CT molecular complexity index is 574. The second kappa shape index (κ2) is 5.51. The first-order valence-corrected chi connectivity index (χ1v) is 6.72. The lowest BCUT2D eigenvalue weighted by Gasteiger charge is -2.22. The van der Waals surface area contributed by atoms with Crippen LogP contribution in [0.1, 0.15) is 6.42 Å². The van der Waals surface area contributed by atoms with Gasteiger partial charge in [-0.15, -0.1) is 0 Å². The quantitative estimate of drug-likeness (QED) is 0.877. The number of anilines is 1. The molecule has 3 rings (SSSR count). The highest BCUT2D eigenvalue weighted by Gasteiger charge is 2.32. The standard InChI is InChI=1S/C14H16N2O5/c1-19-14(18)15-9-6-13(17)16(8-9)10-2-3-11-12(7-10)21-5-4-20-11/h2-3,7,9H,4-6,8H2,1H3,(H,15,18)/t9-/m0/s1. The molecule has 1 fully saturated rings. The van der Waals surface area contributed by atoms with Crippen LogP contribution in [-0.2, 0) is 9.53 Å². The number of fused-ring (bicyclic) bond motifs is 1. The van der Waals surface area contributed by atoms with Gasteiger partial charge in [0.25, 0.3) is 0 Å². The van der Waals surface area contributed by atoms with Crippen molar-refractivity contribution in [1.82, 2.24) is 5.32 Å². The molecule has 0 unspecified atom stereocenters. The van der Waals surface area contributed by atoms with E-state index in [9.17, 15) is 9.59 Å². The number of ether oxygens (including phenoxy) is 3. The van der Waals surface area contributed by atoms with Gasteiger partial charge >= 0.3 is 6.09 Å². The normalized spacial score (nSPS) is 20.3. The fourth-order valence-electron chi connectivity index (χ4n) is 2.48. The SMILES string of the molecule is COC(=O)N[C@H]1CC(=O)N(c2ccc3c(c2)OCCO3)C1. The fraction of sp³-hybridized carbons (Fsp3) is 0.429. The summed E-state index contributed by atoms with van der Waals surface area (Å²) < 4.78 is 15.5. The van der Waals surface area contributed by atoms with E-state index in [1.807, 2.05) is 6.07 Å². The van der Waals surface area contributed by atoms with Gasteiger partial charge in [0.15, 0.2) is 11.5 Å². The topological polar surface area (TPSA) is 77.1 Å². The van der Waals surface area contributed by atoms with Crippen molar-refractivity contribution < 1.29 is 23.8 Å². The van der Waals surface area contributed by atoms with Crippen molar-refractivity contribution in [1.29, 1.82) is 0 Å². The van der Waals surface area contributed by atoms with E-state index in [4.69, 9.17) is 9.47 Å². The van der Waals surface area contributed by atoms with E-state index in [0.29, 0.717) is 31.3 Å². The summed E-state index contributed by atoms with van der Waals surface area (Å²) in [5.74, 6) is 1.27. The van der Waals surface area contributed by atoms with E-state index in [1.54, 1.807) is 17.0 Å². The lowest BCUT2D eigenvalue weighted by atomic mass is 10.2. The van der Waals surface area contributed by atoms with Crippen molar-refractivity contribution in [3.8, 4) is 11.5 Å². The van der Waals surface area contributed by atoms with Crippen LogP contribution in [0.25, 0.3) is 0 Å². The zero-order valence-electron chi connectivity index (χ0n) is 11.6. The van der Waals surface area contributed by atoms with Gasteiger partial charge in [-0.05, 0) is 12.1 Å². The number of hydrogen-bond donors (Lipinski definition) is 1. The van der Waals surface area contributed by atoms with Crippen LogP contribution >= 0.6 is 0 Å². The van der Waals surface area contributed by atoms with Crippen molar-refractivity contribution in [3.63, 3.8) is 0 Å². The second-order valence-corrected chi connectivity index (χ2v) is 4.87. The summed E-state index contributed by atoms with van der Waals surface area (Å²) >= 11 is 0. The molecule has 0 spiro atoms. The maximum absolute atomic E-state index is 12.1. The smallest absolute Gasteiger partial charge is 0.407 e. The van der Waals surface area contributed by atoms with Crippen molar-refractivity contribution in [2.24, 2.45) is 0 Å². The number of nitrogens with zero attached hydrogens (tertiary/aromatic N) is 1. The zero-order chi connectivity index (χ0) is 14.8. The summed E-state index contributed by atoms with van der Waals surface area (Å²) in [5, 5.41) is 2.64. The summed E-state index contributed by atoms with van der Waals surface area (Å²) in [7, 11) is 1.30. The molecule has 2 aliphatic rings. The average molecular weight is 292 g/mol. The summed E-state index contributed by atoms with van der Waals surface area (Å²) in [5.41, 5.74) is 0.735. The number of benzene rings is 1. The maximum Gasteiger partial charge on any atom is 0.407 e. The van der Waals surface area contributed by atoms with Crippen LogP contribution in [-0.4, -0.2) is 44.9 Å². The largest absolute Gasteiger partial charge is 0.486 e. The van der Waals surface area contributed by atoms with E-state index >= 15 is 0 Å². The minimum atomic E-state index is -0.531. The van der Waals surface area contributed by atoms with Crippen LogP contribution in [0.4, 0.5) is 10.5 Å². The third kappa shape index (κ3) is 2.72. The first kappa shape index (κ1) is 13.5. The predicted molar refractivity (Wildman–Crippen MR) is 73.7 cm³/mol. The number of rotatable bonds is 2. The first-order chi connectivity index (χ1) is 10.2. The highest BCUT2D eigenvalue weighted by molar-refractivity contribution is 5.97. The van der Waals surface area contributed by atoms with Crippen LogP contribution in [0.3, 0.4) is 0 Å². The van der Waals surface area contributed by atoms with Gasteiger partial charge in [0.05, 0.1) is 13.2 Å². The number of amides is 2. The molecule has 1 atom stereocenters. The molecule has 2 heterocycles. The molecular formula is C14H16N2O5. The monoisotopic (exact) mass is 292 g/mol. The van der Waals surface area contributed by atoms with Crippen LogP contribution < -0.4 is 19.7 Å². The minimum Gasteiger partial charge on any atom is -0.486 e. The molecule has 21 heavy (non-hydrogen) atoms. The second-order valence-electron chi connectivity index (χ2n) is 4.87. The molecule has 112 valence electrons. The summed E-state index contributed by atoms with van der Waals surface area (Å²) in [6, 6.07) is 5.13. The Morgan fingerprint density at radius 2 is 2.10 bits per heavy atom. The van der Waals surface area contributed by atoms with Crippen molar-refractivity contribution in [2.45, 2.75) is 12.5 Å². The summed E-state index contributed by atoms with van der Waals surface area (Å²) in [6.45, 7) is 1.44. The molecule has 0 aliphatic carbocycles. The minimum absolute atomic E-state index is 0.0481. The molecule has 1 aromatic rings. The van der Waals surface area contributed by atoms with Crippen LogP contribution in [0, 0.1) is 0 Å². The van der Waals surface area contributed by atoms with Crippen LogP contribution in [0.15, 0.2) is 18.2 Å². The van der Waals surface area contributed by atoms with Crippen molar-refractivity contribution in [2.75, 3.05) is 31.8 Å². The predicted octanol–water partition coefficient (Wildman–Crippen LogP) is 0.919.